The summed E-state index contributed by atoms with van der Waals surface area (Å²) in [5.74, 6) is 0.675. The molecule has 0 saturated heterocycles. The van der Waals surface area contributed by atoms with Crippen molar-refractivity contribution >= 4 is 35.6 Å². The van der Waals surface area contributed by atoms with Crippen LogP contribution in [0.15, 0.2) is 12.1 Å². The molecule has 1 aliphatic heterocycles. The smallest absolute Gasteiger partial charge is 0.142 e. The van der Waals surface area contributed by atoms with E-state index in [2.05, 4.69) is 0 Å². The molecule has 0 saturated carbocycles. The maximum atomic E-state index is 5.88. The third-order valence-corrected chi connectivity index (χ3v) is 2.34. The molecule has 0 aromatic heterocycles. The summed E-state index contributed by atoms with van der Waals surface area (Å²) in [7, 11) is 0. The maximum absolute atomic E-state index is 5.88. The Morgan fingerprint density at radius 2 is 2.08 bits per heavy atom. The zero-order valence-electron chi connectivity index (χ0n) is 6.59. The lowest BCUT2D eigenvalue weighted by Gasteiger charge is -2.02. The van der Waals surface area contributed by atoms with Crippen LogP contribution in [-0.4, -0.2) is 6.61 Å². The highest BCUT2D eigenvalue weighted by Gasteiger charge is 2.23. The van der Waals surface area contributed by atoms with E-state index in [0.717, 1.165) is 5.56 Å². The molecule has 1 unspecified atom stereocenters. The first kappa shape index (κ1) is 10.9. The second-order valence-corrected chi connectivity index (χ2v) is 3.57. The van der Waals surface area contributed by atoms with Crippen molar-refractivity contribution in [2.24, 2.45) is 5.73 Å². The molecule has 0 bridgehead atoms. The van der Waals surface area contributed by atoms with Crippen LogP contribution in [-0.2, 0) is 0 Å². The van der Waals surface area contributed by atoms with Crippen LogP contribution in [0.4, 0.5) is 0 Å². The summed E-state index contributed by atoms with van der Waals surface area (Å²) in [5.41, 5.74) is 6.64. The minimum atomic E-state index is -0.101. The molecule has 1 aromatic rings. The predicted molar refractivity (Wildman–Crippen MR) is 56.1 cm³/mol. The molecule has 0 aliphatic carbocycles. The first-order valence-electron chi connectivity index (χ1n) is 3.56. The molecule has 72 valence electrons. The summed E-state index contributed by atoms with van der Waals surface area (Å²) in [5, 5.41) is 1.13. The Hall–Kier alpha value is -0.150. The lowest BCUT2D eigenvalue weighted by atomic mass is 10.1. The SMILES string of the molecule is Cl.NC1COc2c(Cl)cc(Cl)cc21. The molecule has 1 heterocycles. The monoisotopic (exact) mass is 239 g/mol. The molecule has 5 heteroatoms. The van der Waals surface area contributed by atoms with Gasteiger partial charge in [-0.2, -0.15) is 0 Å². The molecule has 0 fully saturated rings. The number of halogens is 3. The van der Waals surface area contributed by atoms with E-state index >= 15 is 0 Å². The van der Waals surface area contributed by atoms with Crippen molar-refractivity contribution < 1.29 is 4.74 Å². The number of nitrogens with two attached hydrogens (primary N) is 1. The van der Waals surface area contributed by atoms with Gasteiger partial charge in [-0.25, -0.2) is 0 Å². The summed E-state index contributed by atoms with van der Waals surface area (Å²) in [6, 6.07) is 3.34. The van der Waals surface area contributed by atoms with Crippen LogP contribution in [0.5, 0.6) is 5.75 Å². The van der Waals surface area contributed by atoms with Crippen molar-refractivity contribution in [3.8, 4) is 5.75 Å². The van der Waals surface area contributed by atoms with Crippen LogP contribution >= 0.6 is 35.6 Å². The van der Waals surface area contributed by atoms with E-state index in [1.54, 1.807) is 12.1 Å². The van der Waals surface area contributed by atoms with Gasteiger partial charge in [-0.15, -0.1) is 12.4 Å². The van der Waals surface area contributed by atoms with Crippen molar-refractivity contribution in [2.45, 2.75) is 6.04 Å². The lowest BCUT2D eigenvalue weighted by molar-refractivity contribution is 0.333. The highest BCUT2D eigenvalue weighted by Crippen LogP contribution is 2.39. The third-order valence-electron chi connectivity index (χ3n) is 1.84. The van der Waals surface area contributed by atoms with E-state index in [-0.39, 0.29) is 18.4 Å². The Bertz CT molecular complexity index is 329. The van der Waals surface area contributed by atoms with Gasteiger partial charge in [0.1, 0.15) is 12.4 Å². The number of rotatable bonds is 0. The number of ether oxygens (including phenoxy) is 1. The maximum Gasteiger partial charge on any atom is 0.142 e. The van der Waals surface area contributed by atoms with Crippen molar-refractivity contribution in [2.75, 3.05) is 6.61 Å². The Labute approximate surface area is 92.4 Å². The van der Waals surface area contributed by atoms with Crippen molar-refractivity contribution in [3.63, 3.8) is 0 Å². The van der Waals surface area contributed by atoms with Crippen molar-refractivity contribution in [1.82, 2.24) is 0 Å². The first-order chi connectivity index (χ1) is 5.68. The summed E-state index contributed by atoms with van der Waals surface area (Å²) < 4.78 is 5.28. The molecular weight excluding hydrogens is 232 g/mol. The van der Waals surface area contributed by atoms with Crippen LogP contribution < -0.4 is 10.5 Å². The molecule has 2 rings (SSSR count). The molecule has 0 radical (unpaired) electrons. The topological polar surface area (TPSA) is 35.2 Å². The van der Waals surface area contributed by atoms with Gasteiger partial charge in [-0.3, -0.25) is 0 Å². The highest BCUT2D eigenvalue weighted by atomic mass is 35.5. The zero-order chi connectivity index (χ0) is 8.72. The molecular formula is C8H8Cl3NO. The second-order valence-electron chi connectivity index (χ2n) is 2.72. The fourth-order valence-electron chi connectivity index (χ4n) is 1.27. The number of hydrogen-bond donors (Lipinski definition) is 1. The molecule has 1 aromatic carbocycles. The van der Waals surface area contributed by atoms with Crippen LogP contribution in [0, 0.1) is 0 Å². The highest BCUT2D eigenvalue weighted by molar-refractivity contribution is 6.35. The first-order valence-corrected chi connectivity index (χ1v) is 4.31. The summed E-state index contributed by atoms with van der Waals surface area (Å²) >= 11 is 11.7. The normalized spacial score (nSPS) is 18.8. The van der Waals surface area contributed by atoms with Gasteiger partial charge in [-0.05, 0) is 12.1 Å². The molecule has 0 amide bonds. The zero-order valence-corrected chi connectivity index (χ0v) is 8.92. The Balaban J connectivity index is 0.000000845. The van der Waals surface area contributed by atoms with E-state index in [1.165, 1.54) is 0 Å². The van der Waals surface area contributed by atoms with Gasteiger partial charge in [0.15, 0.2) is 0 Å². The fraction of sp³-hybridized carbons (Fsp3) is 0.250. The average Bonchev–Trinajstić information content (AvgIpc) is 2.33. The van der Waals surface area contributed by atoms with Crippen LogP contribution in [0.2, 0.25) is 10.0 Å². The molecule has 0 spiro atoms. The van der Waals surface area contributed by atoms with E-state index in [1.807, 2.05) is 0 Å². The van der Waals surface area contributed by atoms with E-state index in [0.29, 0.717) is 22.4 Å². The second kappa shape index (κ2) is 3.93. The van der Waals surface area contributed by atoms with E-state index in [9.17, 15) is 0 Å². The Morgan fingerprint density at radius 3 is 2.77 bits per heavy atom. The predicted octanol–water partition coefficient (Wildman–Crippen LogP) is 2.81. The summed E-state index contributed by atoms with van der Waals surface area (Å²) in [6.45, 7) is 0.482. The Morgan fingerprint density at radius 1 is 1.38 bits per heavy atom. The largest absolute Gasteiger partial charge is 0.490 e. The quantitative estimate of drug-likeness (QED) is 0.757. The third kappa shape index (κ3) is 1.86. The average molecular weight is 241 g/mol. The Kier molecular flexibility index (Phi) is 3.30. The van der Waals surface area contributed by atoms with Crippen molar-refractivity contribution in [1.29, 1.82) is 0 Å². The minimum absolute atomic E-state index is 0. The van der Waals surface area contributed by atoms with Crippen molar-refractivity contribution in [3.05, 3.63) is 27.7 Å². The number of hydrogen-bond acceptors (Lipinski definition) is 2. The lowest BCUT2D eigenvalue weighted by Crippen LogP contribution is -2.10. The van der Waals surface area contributed by atoms with Gasteiger partial charge in [0.05, 0.1) is 11.1 Å². The van der Waals surface area contributed by atoms with Crippen LogP contribution in [0.1, 0.15) is 11.6 Å². The molecule has 2 nitrogen and oxygen atoms in total. The summed E-state index contributed by atoms with van der Waals surface area (Å²) in [6.07, 6.45) is 0. The molecule has 1 aliphatic rings. The van der Waals surface area contributed by atoms with Gasteiger partial charge < -0.3 is 10.5 Å². The summed E-state index contributed by atoms with van der Waals surface area (Å²) in [4.78, 5) is 0. The van der Waals surface area contributed by atoms with Crippen LogP contribution in [0.25, 0.3) is 0 Å². The molecule has 2 N–H and O–H groups in total. The van der Waals surface area contributed by atoms with E-state index < -0.39 is 0 Å². The van der Waals surface area contributed by atoms with E-state index in [4.69, 9.17) is 33.7 Å². The van der Waals surface area contributed by atoms with Gasteiger partial charge in [0, 0.05) is 10.6 Å². The van der Waals surface area contributed by atoms with Gasteiger partial charge in [0.2, 0.25) is 0 Å². The van der Waals surface area contributed by atoms with Crippen LogP contribution in [0.3, 0.4) is 0 Å². The van der Waals surface area contributed by atoms with Gasteiger partial charge in [-0.1, -0.05) is 23.2 Å². The molecule has 13 heavy (non-hydrogen) atoms. The molecule has 1 atom stereocenters. The minimum Gasteiger partial charge on any atom is -0.490 e. The van der Waals surface area contributed by atoms with Gasteiger partial charge in [0.25, 0.3) is 0 Å². The number of fused-ring (bicyclic) bond motifs is 1. The fourth-order valence-corrected chi connectivity index (χ4v) is 1.83. The van der Waals surface area contributed by atoms with Gasteiger partial charge >= 0.3 is 0 Å². The standard InChI is InChI=1S/C8H7Cl2NO.ClH/c9-4-1-5-7(11)3-12-8(5)6(10)2-4;/h1-2,7H,3,11H2;1H. The number of benzene rings is 1.